The zero-order valence-corrected chi connectivity index (χ0v) is 20.7. The molecule has 1 heterocycles. The molecule has 0 bridgehead atoms. The summed E-state index contributed by atoms with van der Waals surface area (Å²) >= 11 is 0. The van der Waals surface area contributed by atoms with Gasteiger partial charge < -0.3 is 15.2 Å². The van der Waals surface area contributed by atoms with Crippen molar-refractivity contribution in [1.29, 1.82) is 0 Å². The number of morpholine rings is 1. The Morgan fingerprint density at radius 3 is 2.31 bits per heavy atom. The number of alkyl halides is 6. The van der Waals surface area contributed by atoms with Crippen molar-refractivity contribution >= 4 is 23.6 Å². The van der Waals surface area contributed by atoms with Gasteiger partial charge in [-0.2, -0.15) is 26.3 Å². The van der Waals surface area contributed by atoms with Crippen molar-refractivity contribution < 1.29 is 45.0 Å². The molecule has 3 rings (SSSR count). The molecular weight excluding hydrogens is 537 g/mol. The van der Waals surface area contributed by atoms with Crippen LogP contribution in [0.1, 0.15) is 16.7 Å². The molecule has 7 nitrogen and oxygen atoms in total. The normalized spacial score (nSPS) is 15.5. The Morgan fingerprint density at radius 2 is 1.74 bits per heavy atom. The molecule has 1 fully saturated rings. The average molecular weight is 562 g/mol. The van der Waals surface area contributed by atoms with Crippen LogP contribution in [0.2, 0.25) is 0 Å². The van der Waals surface area contributed by atoms with Gasteiger partial charge in [0.25, 0.3) is 0 Å². The Labute approximate surface area is 219 Å². The summed E-state index contributed by atoms with van der Waals surface area (Å²) in [5.74, 6) is -1.82. The fraction of sp³-hybridized carbons (Fsp3) is 0.360. The molecule has 0 spiro atoms. The average Bonchev–Trinajstić information content (AvgIpc) is 2.88. The van der Waals surface area contributed by atoms with E-state index in [1.165, 1.54) is 12.1 Å². The first kappa shape index (κ1) is 29.9. The van der Waals surface area contributed by atoms with Crippen LogP contribution in [0.25, 0.3) is 5.57 Å². The molecule has 2 aromatic carbocycles. The summed E-state index contributed by atoms with van der Waals surface area (Å²) in [6, 6.07) is 4.61. The number of rotatable bonds is 7. The lowest BCUT2D eigenvalue weighted by molar-refractivity contribution is -0.143. The number of ether oxygens (including phenoxy) is 2. The number of nitrogens with zero attached hydrogens (tertiary/aromatic N) is 3. The Bertz CT molecular complexity index is 1210. The topological polar surface area (TPSA) is 80.4 Å². The zero-order chi connectivity index (χ0) is 28.8. The zero-order valence-electron chi connectivity index (χ0n) is 20.7. The molecule has 2 aromatic rings. The summed E-state index contributed by atoms with van der Waals surface area (Å²) in [5.41, 5.74) is 1.10. The van der Waals surface area contributed by atoms with Crippen LogP contribution in [0.15, 0.2) is 47.6 Å². The van der Waals surface area contributed by atoms with Gasteiger partial charge in [0, 0.05) is 55.9 Å². The number of anilines is 1. The van der Waals surface area contributed by atoms with E-state index in [2.05, 4.69) is 4.99 Å². The molecule has 14 heteroatoms. The van der Waals surface area contributed by atoms with E-state index in [1.54, 1.807) is 0 Å². The van der Waals surface area contributed by atoms with Gasteiger partial charge in [0.05, 0.1) is 30.9 Å². The predicted octanol–water partition coefficient (Wildman–Crippen LogP) is 5.20. The third-order valence-electron chi connectivity index (χ3n) is 5.77. The van der Waals surface area contributed by atoms with E-state index >= 15 is 0 Å². The van der Waals surface area contributed by atoms with E-state index in [-0.39, 0.29) is 23.9 Å². The fourth-order valence-corrected chi connectivity index (χ4v) is 3.64. The third-order valence-corrected chi connectivity index (χ3v) is 5.77. The number of amides is 1. The number of nitrogens with two attached hydrogens (primary N) is 1. The monoisotopic (exact) mass is 562 g/mol. The van der Waals surface area contributed by atoms with Crippen LogP contribution in [-0.4, -0.2) is 63.6 Å². The Hall–Kier alpha value is -3.65. The smallest absolute Gasteiger partial charge is 0.409 e. The van der Waals surface area contributed by atoms with Crippen molar-refractivity contribution in [2.75, 3.05) is 51.3 Å². The van der Waals surface area contributed by atoms with Crippen LogP contribution in [0, 0.1) is 5.82 Å². The predicted molar refractivity (Wildman–Crippen MR) is 130 cm³/mol. The lowest BCUT2D eigenvalue weighted by Gasteiger charge is -2.25. The van der Waals surface area contributed by atoms with Gasteiger partial charge in [-0.25, -0.2) is 9.18 Å². The number of benzene rings is 2. The number of hydrogen-bond acceptors (Lipinski definition) is 6. The molecule has 1 amide bonds. The summed E-state index contributed by atoms with van der Waals surface area (Å²) in [4.78, 5) is 19.7. The number of carbonyl (C=O) groups is 1. The standard InChI is InChI=1S/C25H25F7N4O3/c1-35(19-4-2-18(26)3-5-19)23(37)39-22-20(12-17(24(27,28)29)13-21(22)25(30,31)32)16(14-33)15-34-6-7-36-8-10-38-11-9-36/h2-5,12-15H,6-11,33H2,1H3. The quantitative estimate of drug-likeness (QED) is 0.371. The number of hydrogen-bond donors (Lipinski definition) is 1. The van der Waals surface area contributed by atoms with E-state index in [9.17, 15) is 35.5 Å². The largest absolute Gasteiger partial charge is 0.420 e. The fourth-order valence-electron chi connectivity index (χ4n) is 3.64. The molecule has 0 atom stereocenters. The van der Waals surface area contributed by atoms with Crippen LogP contribution in [0.4, 0.5) is 41.2 Å². The van der Waals surface area contributed by atoms with Crippen LogP contribution in [-0.2, 0) is 17.1 Å². The molecule has 0 radical (unpaired) electrons. The van der Waals surface area contributed by atoms with Crippen LogP contribution in [0.3, 0.4) is 0 Å². The molecule has 1 aliphatic heterocycles. The number of allylic oxidation sites excluding steroid dienone is 1. The Balaban J connectivity index is 2.01. The van der Waals surface area contributed by atoms with Crippen LogP contribution >= 0.6 is 0 Å². The molecule has 2 N–H and O–H groups in total. The molecule has 0 saturated carbocycles. The second kappa shape index (κ2) is 12.5. The van der Waals surface area contributed by atoms with Crippen molar-refractivity contribution in [2.45, 2.75) is 12.4 Å². The van der Waals surface area contributed by atoms with Crippen molar-refractivity contribution in [3.8, 4) is 5.75 Å². The maximum Gasteiger partial charge on any atom is 0.420 e. The van der Waals surface area contributed by atoms with Crippen molar-refractivity contribution in [2.24, 2.45) is 10.7 Å². The van der Waals surface area contributed by atoms with Gasteiger partial charge in [-0.1, -0.05) is 0 Å². The summed E-state index contributed by atoms with van der Waals surface area (Å²) in [5, 5.41) is 0. The minimum absolute atomic E-state index is 0.0580. The number of aliphatic imine (C=N–C) groups is 1. The SMILES string of the molecule is CN(C(=O)Oc1c(C(C=NCCN2CCOCC2)=CN)cc(C(F)(F)F)cc1C(F)(F)F)c1ccc(F)cc1. The molecular formula is C25H25F7N4O3. The van der Waals surface area contributed by atoms with Crippen LogP contribution < -0.4 is 15.4 Å². The van der Waals surface area contributed by atoms with E-state index in [4.69, 9.17) is 15.2 Å². The van der Waals surface area contributed by atoms with E-state index in [0.717, 1.165) is 36.5 Å². The maximum atomic E-state index is 14.0. The molecule has 0 aromatic heterocycles. The lowest BCUT2D eigenvalue weighted by Crippen LogP contribution is -2.37. The van der Waals surface area contributed by atoms with Crippen molar-refractivity contribution in [3.63, 3.8) is 0 Å². The Morgan fingerprint density at radius 1 is 1.10 bits per heavy atom. The van der Waals surface area contributed by atoms with Crippen molar-refractivity contribution in [1.82, 2.24) is 4.90 Å². The highest BCUT2D eigenvalue weighted by molar-refractivity contribution is 6.11. The first-order valence-corrected chi connectivity index (χ1v) is 11.6. The second-order valence-corrected chi connectivity index (χ2v) is 8.41. The van der Waals surface area contributed by atoms with Gasteiger partial charge in [-0.05, 0) is 36.4 Å². The third kappa shape index (κ3) is 7.93. The number of carbonyl (C=O) groups excluding carboxylic acids is 1. The van der Waals surface area contributed by atoms with Gasteiger partial charge in [0.2, 0.25) is 0 Å². The van der Waals surface area contributed by atoms with Gasteiger partial charge in [0.15, 0.2) is 5.75 Å². The second-order valence-electron chi connectivity index (χ2n) is 8.41. The summed E-state index contributed by atoms with van der Waals surface area (Å²) in [7, 11) is 1.14. The van der Waals surface area contributed by atoms with Gasteiger partial charge in [0.1, 0.15) is 5.82 Å². The first-order valence-electron chi connectivity index (χ1n) is 11.6. The molecule has 212 valence electrons. The van der Waals surface area contributed by atoms with Gasteiger partial charge in [-0.15, -0.1) is 0 Å². The molecule has 1 aliphatic rings. The first-order chi connectivity index (χ1) is 18.3. The minimum Gasteiger partial charge on any atom is -0.409 e. The maximum absolute atomic E-state index is 14.0. The lowest BCUT2D eigenvalue weighted by atomic mass is 9.98. The highest BCUT2D eigenvalue weighted by Gasteiger charge is 2.41. The molecule has 1 saturated heterocycles. The highest BCUT2D eigenvalue weighted by Crippen LogP contribution is 2.44. The Kier molecular flexibility index (Phi) is 9.56. The summed E-state index contributed by atoms with van der Waals surface area (Å²) < 4.78 is 106. The summed E-state index contributed by atoms with van der Waals surface area (Å²) in [6.07, 6.45) is -10.1. The molecule has 0 aliphatic carbocycles. The van der Waals surface area contributed by atoms with Gasteiger partial charge >= 0.3 is 18.4 Å². The van der Waals surface area contributed by atoms with E-state index in [1.807, 2.05) is 4.90 Å². The highest BCUT2D eigenvalue weighted by atomic mass is 19.4. The van der Waals surface area contributed by atoms with Crippen LogP contribution in [0.5, 0.6) is 5.75 Å². The van der Waals surface area contributed by atoms with Gasteiger partial charge in [-0.3, -0.25) is 14.8 Å². The van der Waals surface area contributed by atoms with Crippen molar-refractivity contribution in [3.05, 3.63) is 65.1 Å². The molecule has 39 heavy (non-hydrogen) atoms. The summed E-state index contributed by atoms with van der Waals surface area (Å²) in [6.45, 7) is 3.01. The van der Waals surface area contributed by atoms with E-state index in [0.29, 0.717) is 38.9 Å². The molecule has 0 unspecified atom stereocenters. The minimum atomic E-state index is -5.34. The number of halogens is 7. The van der Waals surface area contributed by atoms with E-state index < -0.39 is 46.7 Å².